The minimum Gasteiger partial charge on any atom is -0.465 e. The molecule has 3 heteroatoms. The van der Waals surface area contributed by atoms with Crippen LogP contribution in [0.3, 0.4) is 0 Å². The van der Waals surface area contributed by atoms with Crippen LogP contribution in [0.1, 0.15) is 38.5 Å². The van der Waals surface area contributed by atoms with Crippen LogP contribution < -0.4 is 0 Å². The van der Waals surface area contributed by atoms with Crippen molar-refractivity contribution in [2.24, 2.45) is 5.41 Å². The molecule has 3 nitrogen and oxygen atoms in total. The van der Waals surface area contributed by atoms with Gasteiger partial charge in [-0.25, -0.2) is 0 Å². The van der Waals surface area contributed by atoms with Crippen LogP contribution >= 0.6 is 0 Å². The number of carbonyl (C=O) groups excluding carboxylic acids is 1. The molecule has 0 atom stereocenters. The van der Waals surface area contributed by atoms with Crippen molar-refractivity contribution in [3.05, 3.63) is 12.7 Å². The standard InChI is InChI=1S/C12H20O3/c1-2-12(7-3-4-8-12)11(14)15-10-6-5-9-13/h2,13H,1,3-10H2. The number of ether oxygens (including phenoxy) is 1. The van der Waals surface area contributed by atoms with E-state index in [9.17, 15) is 4.79 Å². The van der Waals surface area contributed by atoms with Crippen molar-refractivity contribution < 1.29 is 14.6 Å². The van der Waals surface area contributed by atoms with Gasteiger partial charge in [-0.2, -0.15) is 0 Å². The maximum Gasteiger partial charge on any atom is 0.315 e. The van der Waals surface area contributed by atoms with Gasteiger partial charge in [0.1, 0.15) is 0 Å². The molecule has 0 heterocycles. The number of unbranched alkanes of at least 4 members (excludes halogenated alkanes) is 1. The Morgan fingerprint density at radius 1 is 1.40 bits per heavy atom. The predicted molar refractivity (Wildman–Crippen MR) is 58.4 cm³/mol. The molecular weight excluding hydrogens is 192 g/mol. The van der Waals surface area contributed by atoms with Crippen LogP contribution in [-0.2, 0) is 9.53 Å². The summed E-state index contributed by atoms with van der Waals surface area (Å²) in [6.45, 7) is 4.31. The number of hydrogen-bond donors (Lipinski definition) is 1. The molecule has 1 N–H and O–H groups in total. The van der Waals surface area contributed by atoms with Gasteiger partial charge in [0.05, 0.1) is 12.0 Å². The molecule has 0 aromatic rings. The average Bonchev–Trinajstić information content (AvgIpc) is 2.74. The molecule has 0 radical (unpaired) electrons. The van der Waals surface area contributed by atoms with E-state index in [-0.39, 0.29) is 12.6 Å². The smallest absolute Gasteiger partial charge is 0.315 e. The van der Waals surface area contributed by atoms with Gasteiger partial charge in [0.2, 0.25) is 0 Å². The van der Waals surface area contributed by atoms with Crippen molar-refractivity contribution in [3.8, 4) is 0 Å². The molecule has 1 aliphatic carbocycles. The largest absolute Gasteiger partial charge is 0.465 e. The highest BCUT2D eigenvalue weighted by molar-refractivity contribution is 5.79. The highest BCUT2D eigenvalue weighted by atomic mass is 16.5. The monoisotopic (exact) mass is 212 g/mol. The first-order chi connectivity index (χ1) is 7.25. The van der Waals surface area contributed by atoms with E-state index in [1.165, 1.54) is 0 Å². The Hall–Kier alpha value is -0.830. The lowest BCUT2D eigenvalue weighted by molar-refractivity contribution is -0.152. The van der Waals surface area contributed by atoms with Gasteiger partial charge in [0.15, 0.2) is 0 Å². The molecule has 1 fully saturated rings. The van der Waals surface area contributed by atoms with Crippen LogP contribution in [0.2, 0.25) is 0 Å². The first-order valence-electron chi connectivity index (χ1n) is 5.67. The minimum atomic E-state index is -0.417. The molecule has 0 aliphatic heterocycles. The highest BCUT2D eigenvalue weighted by Gasteiger charge is 2.39. The molecule has 1 saturated carbocycles. The number of carbonyl (C=O) groups is 1. The lowest BCUT2D eigenvalue weighted by Gasteiger charge is -2.22. The Balaban J connectivity index is 2.34. The fourth-order valence-corrected chi connectivity index (χ4v) is 2.02. The summed E-state index contributed by atoms with van der Waals surface area (Å²) in [7, 11) is 0. The van der Waals surface area contributed by atoms with Crippen molar-refractivity contribution in [3.63, 3.8) is 0 Å². The predicted octanol–water partition coefficient (Wildman–Crippen LogP) is 2.05. The molecular formula is C12H20O3. The van der Waals surface area contributed by atoms with Gasteiger partial charge in [0, 0.05) is 6.61 Å². The van der Waals surface area contributed by atoms with E-state index < -0.39 is 5.41 Å². The van der Waals surface area contributed by atoms with Gasteiger partial charge >= 0.3 is 5.97 Å². The molecule has 0 amide bonds. The topological polar surface area (TPSA) is 46.5 Å². The second-order valence-corrected chi connectivity index (χ2v) is 4.13. The van der Waals surface area contributed by atoms with Crippen LogP contribution in [0, 0.1) is 5.41 Å². The Morgan fingerprint density at radius 3 is 2.60 bits per heavy atom. The Kier molecular flexibility index (Phi) is 4.82. The zero-order valence-electron chi connectivity index (χ0n) is 9.21. The molecule has 0 saturated heterocycles. The second kappa shape index (κ2) is 5.91. The Labute approximate surface area is 91.1 Å². The number of aliphatic hydroxyl groups excluding tert-OH is 1. The lowest BCUT2D eigenvalue weighted by atomic mass is 9.87. The third kappa shape index (κ3) is 3.06. The average molecular weight is 212 g/mol. The summed E-state index contributed by atoms with van der Waals surface area (Å²) in [5.41, 5.74) is -0.417. The molecule has 0 unspecified atom stereocenters. The van der Waals surface area contributed by atoms with Gasteiger partial charge in [-0.05, 0) is 25.7 Å². The van der Waals surface area contributed by atoms with Crippen LogP contribution in [0.15, 0.2) is 12.7 Å². The van der Waals surface area contributed by atoms with Crippen molar-refractivity contribution >= 4 is 5.97 Å². The van der Waals surface area contributed by atoms with Gasteiger partial charge in [-0.1, -0.05) is 18.9 Å². The van der Waals surface area contributed by atoms with Crippen molar-refractivity contribution in [2.75, 3.05) is 13.2 Å². The molecule has 0 aromatic carbocycles. The summed E-state index contributed by atoms with van der Waals surface area (Å²) in [5.74, 6) is -0.132. The third-order valence-electron chi connectivity index (χ3n) is 3.08. The van der Waals surface area contributed by atoms with Crippen LogP contribution in [0.4, 0.5) is 0 Å². The van der Waals surface area contributed by atoms with E-state index >= 15 is 0 Å². The third-order valence-corrected chi connectivity index (χ3v) is 3.08. The Bertz CT molecular complexity index is 217. The maximum atomic E-state index is 11.8. The first kappa shape index (κ1) is 12.2. The van der Waals surface area contributed by atoms with Gasteiger partial charge in [0.25, 0.3) is 0 Å². The number of esters is 1. The van der Waals surface area contributed by atoms with Crippen LogP contribution in [0.5, 0.6) is 0 Å². The zero-order valence-corrected chi connectivity index (χ0v) is 9.21. The van der Waals surface area contributed by atoms with Crippen molar-refractivity contribution in [1.82, 2.24) is 0 Å². The first-order valence-corrected chi connectivity index (χ1v) is 5.67. The van der Waals surface area contributed by atoms with E-state index in [1.54, 1.807) is 6.08 Å². The summed E-state index contributed by atoms with van der Waals surface area (Å²) in [6.07, 6.45) is 7.07. The summed E-state index contributed by atoms with van der Waals surface area (Å²) >= 11 is 0. The fraction of sp³-hybridized carbons (Fsp3) is 0.750. The molecule has 1 aliphatic rings. The Morgan fingerprint density at radius 2 is 2.07 bits per heavy atom. The van der Waals surface area contributed by atoms with Gasteiger partial charge in [-0.15, -0.1) is 6.58 Å². The second-order valence-electron chi connectivity index (χ2n) is 4.13. The maximum absolute atomic E-state index is 11.8. The molecule has 0 bridgehead atoms. The van der Waals surface area contributed by atoms with E-state index in [0.717, 1.165) is 32.1 Å². The summed E-state index contributed by atoms with van der Waals surface area (Å²) in [5, 5.41) is 8.58. The van der Waals surface area contributed by atoms with Crippen LogP contribution in [-0.4, -0.2) is 24.3 Å². The quantitative estimate of drug-likeness (QED) is 0.416. The van der Waals surface area contributed by atoms with Crippen molar-refractivity contribution in [2.45, 2.75) is 38.5 Å². The van der Waals surface area contributed by atoms with Crippen LogP contribution in [0.25, 0.3) is 0 Å². The number of aliphatic hydroxyl groups is 1. The van der Waals surface area contributed by atoms with Gasteiger partial charge in [-0.3, -0.25) is 4.79 Å². The zero-order chi connectivity index (χ0) is 11.1. The van der Waals surface area contributed by atoms with Gasteiger partial charge < -0.3 is 9.84 Å². The highest BCUT2D eigenvalue weighted by Crippen LogP contribution is 2.40. The molecule has 86 valence electrons. The molecule has 1 rings (SSSR count). The van der Waals surface area contributed by atoms with E-state index in [0.29, 0.717) is 13.0 Å². The minimum absolute atomic E-state index is 0.132. The summed E-state index contributed by atoms with van der Waals surface area (Å²) < 4.78 is 5.20. The van der Waals surface area contributed by atoms with E-state index in [2.05, 4.69) is 6.58 Å². The summed E-state index contributed by atoms with van der Waals surface area (Å²) in [4.78, 5) is 11.8. The normalized spacial score (nSPS) is 18.7. The molecule has 15 heavy (non-hydrogen) atoms. The SMILES string of the molecule is C=CC1(C(=O)OCCCCO)CCCC1. The lowest BCUT2D eigenvalue weighted by Crippen LogP contribution is -2.28. The summed E-state index contributed by atoms with van der Waals surface area (Å²) in [6, 6.07) is 0. The van der Waals surface area contributed by atoms with E-state index in [1.807, 2.05) is 0 Å². The van der Waals surface area contributed by atoms with E-state index in [4.69, 9.17) is 9.84 Å². The molecule has 0 aromatic heterocycles. The number of rotatable bonds is 6. The van der Waals surface area contributed by atoms with Crippen molar-refractivity contribution in [1.29, 1.82) is 0 Å². The fourth-order valence-electron chi connectivity index (χ4n) is 2.02. The number of hydrogen-bond acceptors (Lipinski definition) is 3. The molecule has 0 spiro atoms.